The van der Waals surface area contributed by atoms with Gasteiger partial charge in [0.15, 0.2) is 0 Å². The molecule has 1 aromatic heterocycles. The number of aromatic nitrogens is 1. The number of aliphatic carboxylic acids is 1. The van der Waals surface area contributed by atoms with E-state index >= 15 is 0 Å². The van der Waals surface area contributed by atoms with Crippen LogP contribution in [0, 0.1) is 0 Å². The van der Waals surface area contributed by atoms with E-state index < -0.39 is 17.9 Å². The van der Waals surface area contributed by atoms with E-state index in [2.05, 4.69) is 10.3 Å². The van der Waals surface area contributed by atoms with Crippen LogP contribution < -0.4 is 10.1 Å². The number of hydrogen-bond donors (Lipinski definition) is 2. The molecule has 2 aromatic rings. The van der Waals surface area contributed by atoms with Crippen LogP contribution in [0.4, 0.5) is 0 Å². The van der Waals surface area contributed by atoms with Crippen LogP contribution in [0.15, 0.2) is 42.7 Å². The third kappa shape index (κ3) is 4.43. The maximum Gasteiger partial charge on any atom is 0.326 e. The Hall–Kier alpha value is -2.60. The molecule has 23 heavy (non-hydrogen) atoms. The molecule has 7 heteroatoms. The fraction of sp³-hybridized carbons (Fsp3) is 0.188. The van der Waals surface area contributed by atoms with E-state index in [4.69, 9.17) is 16.3 Å². The molecule has 2 rings (SSSR count). The highest BCUT2D eigenvalue weighted by Gasteiger charge is 2.21. The van der Waals surface area contributed by atoms with Crippen molar-refractivity contribution >= 4 is 23.5 Å². The van der Waals surface area contributed by atoms with E-state index in [1.807, 2.05) is 0 Å². The zero-order valence-electron chi connectivity index (χ0n) is 12.3. The molecule has 1 heterocycles. The van der Waals surface area contributed by atoms with Gasteiger partial charge in [0.05, 0.1) is 12.1 Å². The maximum absolute atomic E-state index is 12.1. The number of ether oxygens (including phenoxy) is 1. The highest BCUT2D eigenvalue weighted by Crippen LogP contribution is 2.25. The molecule has 0 aliphatic rings. The van der Waals surface area contributed by atoms with Gasteiger partial charge in [-0.15, -0.1) is 0 Å². The minimum absolute atomic E-state index is 0.107. The Bertz CT molecular complexity index is 706. The largest absolute Gasteiger partial charge is 0.495 e. The van der Waals surface area contributed by atoms with Crippen molar-refractivity contribution in [1.82, 2.24) is 10.3 Å². The first-order valence-electron chi connectivity index (χ1n) is 6.77. The Morgan fingerprint density at radius 1 is 1.30 bits per heavy atom. The molecule has 0 aliphatic heterocycles. The maximum atomic E-state index is 12.1. The molecule has 1 aromatic carbocycles. The summed E-state index contributed by atoms with van der Waals surface area (Å²) in [7, 11) is 1.50. The predicted molar refractivity (Wildman–Crippen MR) is 84.8 cm³/mol. The number of carboxylic acids is 1. The fourth-order valence-corrected chi connectivity index (χ4v) is 2.30. The first-order valence-corrected chi connectivity index (χ1v) is 7.15. The molecule has 0 bridgehead atoms. The third-order valence-corrected chi connectivity index (χ3v) is 3.50. The van der Waals surface area contributed by atoms with Gasteiger partial charge in [-0.1, -0.05) is 17.7 Å². The summed E-state index contributed by atoms with van der Waals surface area (Å²) in [5, 5.41) is 12.2. The zero-order chi connectivity index (χ0) is 16.8. The number of methoxy groups -OCH3 is 1. The second-order valence-corrected chi connectivity index (χ2v) is 5.18. The van der Waals surface area contributed by atoms with Crippen LogP contribution in [0.25, 0.3) is 0 Å². The lowest BCUT2D eigenvalue weighted by Crippen LogP contribution is -2.42. The molecule has 0 spiro atoms. The first-order chi connectivity index (χ1) is 11.0. The monoisotopic (exact) mass is 334 g/mol. The molecule has 0 saturated carbocycles. The smallest absolute Gasteiger partial charge is 0.326 e. The number of carbonyl (C=O) groups is 2. The highest BCUT2D eigenvalue weighted by atomic mass is 35.5. The summed E-state index contributed by atoms with van der Waals surface area (Å²) in [5.74, 6) is -1.10. The van der Waals surface area contributed by atoms with E-state index in [1.165, 1.54) is 31.6 Å². The molecular weight excluding hydrogens is 320 g/mol. The van der Waals surface area contributed by atoms with Gasteiger partial charge in [-0.25, -0.2) is 4.79 Å². The van der Waals surface area contributed by atoms with Gasteiger partial charge in [0, 0.05) is 24.4 Å². The van der Waals surface area contributed by atoms with Crippen molar-refractivity contribution in [3.05, 3.63) is 58.9 Å². The quantitative estimate of drug-likeness (QED) is 0.845. The van der Waals surface area contributed by atoms with Crippen LogP contribution in [-0.4, -0.2) is 35.1 Å². The van der Waals surface area contributed by atoms with Gasteiger partial charge in [-0.2, -0.15) is 0 Å². The van der Waals surface area contributed by atoms with Crippen molar-refractivity contribution in [2.75, 3.05) is 7.11 Å². The normalized spacial score (nSPS) is 11.6. The van der Waals surface area contributed by atoms with E-state index in [0.717, 1.165) is 0 Å². The average molecular weight is 335 g/mol. The molecule has 1 atom stereocenters. The van der Waals surface area contributed by atoms with E-state index in [0.29, 0.717) is 21.9 Å². The van der Waals surface area contributed by atoms with Crippen molar-refractivity contribution < 1.29 is 19.4 Å². The average Bonchev–Trinajstić information content (AvgIpc) is 2.55. The molecule has 6 nitrogen and oxygen atoms in total. The van der Waals surface area contributed by atoms with Crippen molar-refractivity contribution in [2.24, 2.45) is 0 Å². The summed E-state index contributed by atoms with van der Waals surface area (Å²) in [6.45, 7) is 0. The summed E-state index contributed by atoms with van der Waals surface area (Å²) in [4.78, 5) is 27.3. The van der Waals surface area contributed by atoms with E-state index in [-0.39, 0.29) is 6.42 Å². The summed E-state index contributed by atoms with van der Waals surface area (Å²) < 4.78 is 5.05. The Balaban J connectivity index is 2.12. The lowest BCUT2D eigenvalue weighted by Gasteiger charge is -2.15. The first kappa shape index (κ1) is 16.8. The molecule has 120 valence electrons. The summed E-state index contributed by atoms with van der Waals surface area (Å²) in [5.41, 5.74) is 1.03. The molecule has 0 fully saturated rings. The minimum atomic E-state index is -1.13. The van der Waals surface area contributed by atoms with Crippen molar-refractivity contribution in [3.8, 4) is 5.75 Å². The number of benzene rings is 1. The number of amides is 1. The third-order valence-electron chi connectivity index (χ3n) is 3.20. The lowest BCUT2D eigenvalue weighted by atomic mass is 10.1. The highest BCUT2D eigenvalue weighted by molar-refractivity contribution is 6.32. The Morgan fingerprint density at radius 3 is 2.57 bits per heavy atom. The van der Waals surface area contributed by atoms with Gasteiger partial charge in [-0.3, -0.25) is 9.78 Å². The molecule has 0 radical (unpaired) electrons. The van der Waals surface area contributed by atoms with Gasteiger partial charge < -0.3 is 15.2 Å². The van der Waals surface area contributed by atoms with Crippen LogP contribution in [0.2, 0.25) is 5.02 Å². The number of halogens is 1. The fourth-order valence-electron chi connectivity index (χ4n) is 2.02. The minimum Gasteiger partial charge on any atom is -0.495 e. The van der Waals surface area contributed by atoms with Gasteiger partial charge in [0.25, 0.3) is 5.91 Å². The number of pyridine rings is 1. The van der Waals surface area contributed by atoms with Gasteiger partial charge >= 0.3 is 5.97 Å². The Morgan fingerprint density at radius 2 is 2.00 bits per heavy atom. The van der Waals surface area contributed by atoms with Crippen LogP contribution in [-0.2, 0) is 11.2 Å². The van der Waals surface area contributed by atoms with Gasteiger partial charge in [-0.05, 0) is 29.8 Å². The SMILES string of the molecule is COc1ccc(C[C@H](NC(=O)c2ccncc2)C(=O)O)cc1Cl. The van der Waals surface area contributed by atoms with Crippen molar-refractivity contribution in [2.45, 2.75) is 12.5 Å². The van der Waals surface area contributed by atoms with Crippen LogP contribution in [0.5, 0.6) is 5.75 Å². The number of nitrogens with one attached hydrogen (secondary N) is 1. The second kappa shape index (κ2) is 7.60. The molecule has 0 saturated heterocycles. The topological polar surface area (TPSA) is 88.5 Å². The molecule has 2 N–H and O–H groups in total. The number of carboxylic acid groups (broad SMARTS) is 1. The Labute approximate surface area is 138 Å². The van der Waals surface area contributed by atoms with E-state index in [1.54, 1.807) is 18.2 Å². The van der Waals surface area contributed by atoms with Crippen LogP contribution >= 0.6 is 11.6 Å². The number of hydrogen-bond acceptors (Lipinski definition) is 4. The van der Waals surface area contributed by atoms with Crippen molar-refractivity contribution in [3.63, 3.8) is 0 Å². The number of nitrogens with zero attached hydrogens (tertiary/aromatic N) is 1. The second-order valence-electron chi connectivity index (χ2n) is 4.77. The molecule has 0 unspecified atom stereocenters. The molecule has 0 aliphatic carbocycles. The summed E-state index contributed by atoms with van der Waals surface area (Å²) in [6, 6.07) is 6.94. The standard InChI is InChI=1S/C16H15ClN2O4/c1-23-14-3-2-10(8-12(14)17)9-13(16(21)22)19-15(20)11-4-6-18-7-5-11/h2-8,13H,9H2,1H3,(H,19,20)(H,21,22)/t13-/m0/s1. The van der Waals surface area contributed by atoms with Crippen LogP contribution in [0.3, 0.4) is 0 Å². The predicted octanol–water partition coefficient (Wildman–Crippen LogP) is 2.17. The van der Waals surface area contributed by atoms with E-state index in [9.17, 15) is 14.7 Å². The van der Waals surface area contributed by atoms with Gasteiger partial charge in [0.1, 0.15) is 11.8 Å². The number of rotatable bonds is 6. The molecular formula is C16H15ClN2O4. The Kier molecular flexibility index (Phi) is 5.54. The number of carbonyl (C=O) groups excluding carboxylic acids is 1. The lowest BCUT2D eigenvalue weighted by molar-refractivity contribution is -0.139. The van der Waals surface area contributed by atoms with Gasteiger partial charge in [0.2, 0.25) is 0 Å². The summed E-state index contributed by atoms with van der Waals surface area (Å²) >= 11 is 6.03. The zero-order valence-corrected chi connectivity index (χ0v) is 13.1. The van der Waals surface area contributed by atoms with Crippen LogP contribution in [0.1, 0.15) is 15.9 Å². The van der Waals surface area contributed by atoms with Crippen molar-refractivity contribution in [1.29, 1.82) is 0 Å². The summed E-state index contributed by atoms with van der Waals surface area (Å²) in [6.07, 6.45) is 3.04. The molecule has 1 amide bonds.